The second-order valence-corrected chi connectivity index (χ2v) is 6.44. The second kappa shape index (κ2) is 7.25. The summed E-state index contributed by atoms with van der Waals surface area (Å²) in [6.07, 6.45) is -2.15. The van der Waals surface area contributed by atoms with E-state index >= 15 is 0 Å². The van der Waals surface area contributed by atoms with E-state index in [0.717, 1.165) is 4.31 Å². The van der Waals surface area contributed by atoms with E-state index in [2.05, 4.69) is 0 Å². The molecule has 7 nitrogen and oxygen atoms in total. The highest BCUT2D eigenvalue weighted by Crippen LogP contribution is 2.21. The molecule has 1 saturated heterocycles. The molecule has 0 radical (unpaired) electrons. The van der Waals surface area contributed by atoms with E-state index in [-0.39, 0.29) is 13.1 Å². The van der Waals surface area contributed by atoms with Crippen LogP contribution in [-0.2, 0) is 15.0 Å². The van der Waals surface area contributed by atoms with Gasteiger partial charge in [-0.3, -0.25) is 4.79 Å². The molecule has 2 N–H and O–H groups in total. The van der Waals surface area contributed by atoms with Crippen LogP contribution < -0.4 is 0 Å². The lowest BCUT2D eigenvalue weighted by molar-refractivity contribution is -0.142. The molecule has 0 aromatic carbocycles. The maximum absolute atomic E-state index is 12.4. The van der Waals surface area contributed by atoms with Gasteiger partial charge in [-0.25, -0.2) is 8.78 Å². The molecular weight excluding hydrogens is 298 g/mol. The molecule has 1 aliphatic heterocycles. The van der Waals surface area contributed by atoms with Gasteiger partial charge >= 0.3 is 5.97 Å². The van der Waals surface area contributed by atoms with Gasteiger partial charge in [0.15, 0.2) is 0 Å². The number of alkyl halides is 2. The van der Waals surface area contributed by atoms with Gasteiger partial charge in [-0.05, 0) is 12.8 Å². The third-order valence-corrected chi connectivity index (χ3v) is 5.05. The number of carbonyl (C=O) groups is 1. The summed E-state index contributed by atoms with van der Waals surface area (Å²) in [6, 6.07) is 0. The summed E-state index contributed by atoms with van der Waals surface area (Å²) < 4.78 is 50.6. The van der Waals surface area contributed by atoms with E-state index in [9.17, 15) is 22.0 Å². The lowest BCUT2D eigenvalue weighted by Gasteiger charge is -2.33. The van der Waals surface area contributed by atoms with Crippen LogP contribution in [0.5, 0.6) is 0 Å². The quantitative estimate of drug-likeness (QED) is 0.665. The highest BCUT2D eigenvalue weighted by atomic mass is 32.2. The molecule has 0 spiro atoms. The summed E-state index contributed by atoms with van der Waals surface area (Å²) in [5, 5.41) is 17.7. The summed E-state index contributed by atoms with van der Waals surface area (Å²) in [6.45, 7) is -2.18. The topological polar surface area (TPSA) is 98.2 Å². The van der Waals surface area contributed by atoms with Gasteiger partial charge in [0.25, 0.3) is 16.6 Å². The number of carboxylic acid groups (broad SMARTS) is 1. The smallest absolute Gasteiger partial charge is 0.307 e. The van der Waals surface area contributed by atoms with Crippen LogP contribution in [0.25, 0.3) is 0 Å². The van der Waals surface area contributed by atoms with Gasteiger partial charge in [0.2, 0.25) is 0 Å². The van der Waals surface area contributed by atoms with Gasteiger partial charge in [0, 0.05) is 19.6 Å². The van der Waals surface area contributed by atoms with Gasteiger partial charge in [0.1, 0.15) is 0 Å². The molecule has 0 bridgehead atoms. The van der Waals surface area contributed by atoms with Crippen LogP contribution in [-0.4, -0.2) is 72.4 Å². The van der Waals surface area contributed by atoms with Gasteiger partial charge in [-0.1, -0.05) is 0 Å². The molecule has 1 rings (SSSR count). The highest BCUT2D eigenvalue weighted by molar-refractivity contribution is 7.86. The third kappa shape index (κ3) is 4.33. The van der Waals surface area contributed by atoms with Crippen molar-refractivity contribution in [3.8, 4) is 0 Å². The fourth-order valence-corrected chi connectivity index (χ4v) is 3.75. The predicted molar refractivity (Wildman–Crippen MR) is 65.5 cm³/mol. The standard InChI is InChI=1S/C10H18F2N2O5S/c11-9(12)7-14(4-5-15)20(18,19)13-3-1-2-8(6-13)10(16)17/h8-9,15H,1-7H2,(H,16,17). The van der Waals surface area contributed by atoms with Crippen LogP contribution in [0.1, 0.15) is 12.8 Å². The maximum Gasteiger partial charge on any atom is 0.307 e. The summed E-state index contributed by atoms with van der Waals surface area (Å²) in [5.74, 6) is -1.94. The zero-order valence-corrected chi connectivity index (χ0v) is 11.6. The molecule has 1 unspecified atom stereocenters. The maximum atomic E-state index is 12.4. The van der Waals surface area contributed by atoms with E-state index in [1.54, 1.807) is 0 Å². The van der Waals surface area contributed by atoms with Crippen molar-refractivity contribution in [3.05, 3.63) is 0 Å². The number of aliphatic carboxylic acids is 1. The van der Waals surface area contributed by atoms with E-state index < -0.39 is 48.2 Å². The number of carboxylic acids is 1. The van der Waals surface area contributed by atoms with Crippen molar-refractivity contribution in [1.82, 2.24) is 8.61 Å². The number of piperidine rings is 1. The minimum absolute atomic E-state index is 0.0945. The fraction of sp³-hybridized carbons (Fsp3) is 0.900. The molecule has 0 saturated carbocycles. The van der Waals surface area contributed by atoms with Crippen molar-refractivity contribution < 1.29 is 32.2 Å². The van der Waals surface area contributed by atoms with E-state index in [1.165, 1.54) is 0 Å². The fourth-order valence-electron chi connectivity index (χ4n) is 2.08. The number of aliphatic hydroxyl groups excluding tert-OH is 1. The number of nitrogens with zero attached hydrogens (tertiary/aromatic N) is 2. The second-order valence-electron chi connectivity index (χ2n) is 4.52. The van der Waals surface area contributed by atoms with Crippen LogP contribution in [0.15, 0.2) is 0 Å². The number of rotatable bonds is 7. The SMILES string of the molecule is O=C(O)C1CCCN(S(=O)(=O)N(CCO)CC(F)F)C1. The summed E-state index contributed by atoms with van der Waals surface area (Å²) in [4.78, 5) is 10.9. The normalized spacial score (nSPS) is 21.6. The first-order chi connectivity index (χ1) is 9.28. The lowest BCUT2D eigenvalue weighted by Crippen LogP contribution is -2.50. The Bertz CT molecular complexity index is 431. The first-order valence-electron chi connectivity index (χ1n) is 6.16. The van der Waals surface area contributed by atoms with Crippen LogP contribution in [0.2, 0.25) is 0 Å². The van der Waals surface area contributed by atoms with E-state index in [1.807, 2.05) is 0 Å². The largest absolute Gasteiger partial charge is 0.481 e. The van der Waals surface area contributed by atoms with Gasteiger partial charge in [0.05, 0.1) is 19.1 Å². The highest BCUT2D eigenvalue weighted by Gasteiger charge is 2.36. The first kappa shape index (κ1) is 17.2. The van der Waals surface area contributed by atoms with Crippen molar-refractivity contribution in [3.63, 3.8) is 0 Å². The molecule has 10 heteroatoms. The Balaban J connectivity index is 2.85. The van der Waals surface area contributed by atoms with Crippen LogP contribution in [0.4, 0.5) is 8.78 Å². The van der Waals surface area contributed by atoms with Gasteiger partial charge in [-0.2, -0.15) is 17.0 Å². The Kier molecular flexibility index (Phi) is 6.24. The average Bonchev–Trinajstić information content (AvgIpc) is 2.38. The van der Waals surface area contributed by atoms with Crippen LogP contribution in [0.3, 0.4) is 0 Å². The van der Waals surface area contributed by atoms with E-state index in [0.29, 0.717) is 17.1 Å². The summed E-state index contributed by atoms with van der Waals surface area (Å²) in [5.41, 5.74) is 0. The van der Waals surface area contributed by atoms with Gasteiger partial charge in [-0.15, -0.1) is 0 Å². The molecule has 1 fully saturated rings. The number of aliphatic hydroxyl groups is 1. The molecule has 1 heterocycles. The first-order valence-corrected chi connectivity index (χ1v) is 7.55. The molecule has 1 atom stereocenters. The van der Waals surface area contributed by atoms with Crippen molar-refractivity contribution in [2.45, 2.75) is 19.3 Å². The average molecular weight is 316 g/mol. The lowest BCUT2D eigenvalue weighted by atomic mass is 10.0. The predicted octanol–water partition coefficient (Wildman–Crippen LogP) is -0.413. The number of hydrogen-bond donors (Lipinski definition) is 2. The zero-order valence-electron chi connectivity index (χ0n) is 10.8. The molecule has 1 aliphatic rings. The molecule has 20 heavy (non-hydrogen) atoms. The van der Waals surface area contributed by atoms with Gasteiger partial charge < -0.3 is 10.2 Å². The minimum atomic E-state index is -4.18. The Morgan fingerprint density at radius 3 is 2.60 bits per heavy atom. The minimum Gasteiger partial charge on any atom is -0.481 e. The van der Waals surface area contributed by atoms with Crippen molar-refractivity contribution in [2.75, 3.05) is 32.8 Å². The molecule has 0 amide bonds. The van der Waals surface area contributed by atoms with Crippen LogP contribution in [0, 0.1) is 5.92 Å². The zero-order chi connectivity index (χ0) is 15.3. The Hall–Kier alpha value is -0.840. The summed E-state index contributed by atoms with van der Waals surface area (Å²) in [7, 11) is -4.18. The molecule has 0 aliphatic carbocycles. The Labute approximate surface area is 116 Å². The van der Waals surface area contributed by atoms with Crippen molar-refractivity contribution in [2.24, 2.45) is 5.92 Å². The van der Waals surface area contributed by atoms with E-state index in [4.69, 9.17) is 10.2 Å². The van der Waals surface area contributed by atoms with Crippen molar-refractivity contribution >= 4 is 16.2 Å². The van der Waals surface area contributed by atoms with Crippen molar-refractivity contribution in [1.29, 1.82) is 0 Å². The molecule has 0 aromatic rings. The molecule has 118 valence electrons. The Morgan fingerprint density at radius 2 is 2.10 bits per heavy atom. The molecule has 0 aromatic heterocycles. The molecular formula is C10H18F2N2O5S. The monoisotopic (exact) mass is 316 g/mol. The number of hydrogen-bond acceptors (Lipinski definition) is 4. The third-order valence-electron chi connectivity index (χ3n) is 3.08. The Morgan fingerprint density at radius 1 is 1.45 bits per heavy atom. The number of halogens is 2. The van der Waals surface area contributed by atoms with Crippen LogP contribution >= 0.6 is 0 Å². The summed E-state index contributed by atoms with van der Waals surface area (Å²) >= 11 is 0.